The summed E-state index contributed by atoms with van der Waals surface area (Å²) in [6.07, 6.45) is 0.865. The van der Waals surface area contributed by atoms with Crippen molar-refractivity contribution < 1.29 is 41.3 Å². The number of rotatable bonds is 13. The largest absolute Gasteiger partial charge is 0.491 e. The molecule has 12 nitrogen and oxygen atoms in total. The summed E-state index contributed by atoms with van der Waals surface area (Å²) < 4.78 is 66.7. The fourth-order valence-electron chi connectivity index (χ4n) is 5.84. The highest BCUT2D eigenvalue weighted by Crippen LogP contribution is 2.37. The van der Waals surface area contributed by atoms with Gasteiger partial charge in [-0.05, 0) is 67.3 Å². The Morgan fingerprint density at radius 3 is 2.39 bits per heavy atom. The number of carboxylic acids is 1. The second-order valence-corrected chi connectivity index (χ2v) is 15.5. The second kappa shape index (κ2) is 14.2. The van der Waals surface area contributed by atoms with Crippen LogP contribution >= 0.6 is 0 Å². The molecule has 4 N–H and O–H groups in total. The van der Waals surface area contributed by atoms with Crippen LogP contribution in [0, 0.1) is 0 Å². The van der Waals surface area contributed by atoms with Crippen molar-refractivity contribution in [3.8, 4) is 16.9 Å². The van der Waals surface area contributed by atoms with Crippen LogP contribution in [0.1, 0.15) is 24.8 Å². The van der Waals surface area contributed by atoms with Gasteiger partial charge in [0, 0.05) is 31.7 Å². The molecule has 5 rings (SSSR count). The number of aliphatic carboxylic acids is 1. The Bertz CT molecular complexity index is 1740. The maximum Gasteiger partial charge on any atom is 0.307 e. The van der Waals surface area contributed by atoms with E-state index in [9.17, 15) is 26.7 Å². The van der Waals surface area contributed by atoms with E-state index in [0.29, 0.717) is 50.3 Å². The molecular formula is C32H39N3O9S2. The van der Waals surface area contributed by atoms with Crippen molar-refractivity contribution >= 4 is 26.0 Å². The summed E-state index contributed by atoms with van der Waals surface area (Å²) in [5, 5.41) is 22.8. The van der Waals surface area contributed by atoms with Gasteiger partial charge in [0.05, 0.1) is 28.4 Å². The van der Waals surface area contributed by atoms with Gasteiger partial charge in [0.2, 0.25) is 20.0 Å². The lowest BCUT2D eigenvalue weighted by molar-refractivity contribution is -0.136. The summed E-state index contributed by atoms with van der Waals surface area (Å²) >= 11 is 0. The quantitative estimate of drug-likeness (QED) is 0.211. The SMILES string of the molecule is CNS(=O)(=O)c1cccc(OCC(O)CNC2COC3(CCN(S(=O)(=O)c4cccc(-c5ccc(CC(=O)O)cc5)c4)CC3)C2)c1. The van der Waals surface area contributed by atoms with Gasteiger partial charge in [-0.1, -0.05) is 42.5 Å². The summed E-state index contributed by atoms with van der Waals surface area (Å²) in [6, 6.07) is 19.8. The normalized spacial score (nSPS) is 19.2. The molecule has 0 saturated carbocycles. The van der Waals surface area contributed by atoms with Gasteiger partial charge in [0.15, 0.2) is 0 Å². The van der Waals surface area contributed by atoms with Gasteiger partial charge in [-0.2, -0.15) is 4.31 Å². The van der Waals surface area contributed by atoms with E-state index in [-0.39, 0.29) is 35.4 Å². The third-order valence-corrected chi connectivity index (χ3v) is 11.7. The Kier molecular flexibility index (Phi) is 10.5. The predicted molar refractivity (Wildman–Crippen MR) is 170 cm³/mol. The van der Waals surface area contributed by atoms with E-state index in [0.717, 1.165) is 11.1 Å². The number of nitrogens with zero attached hydrogens (tertiary/aromatic N) is 1. The van der Waals surface area contributed by atoms with Gasteiger partial charge < -0.3 is 25.0 Å². The zero-order chi connectivity index (χ0) is 33.0. The van der Waals surface area contributed by atoms with Crippen LogP contribution in [0.2, 0.25) is 0 Å². The first-order chi connectivity index (χ1) is 21.9. The number of hydrogen-bond acceptors (Lipinski definition) is 9. The third kappa shape index (κ3) is 8.12. The van der Waals surface area contributed by atoms with E-state index in [4.69, 9.17) is 14.6 Å². The van der Waals surface area contributed by atoms with Gasteiger partial charge in [0.25, 0.3) is 0 Å². The summed E-state index contributed by atoms with van der Waals surface area (Å²) in [5.74, 6) is -0.580. The molecular weight excluding hydrogens is 634 g/mol. The van der Waals surface area contributed by atoms with Crippen molar-refractivity contribution in [3.63, 3.8) is 0 Å². The molecule has 2 saturated heterocycles. The number of benzene rings is 3. The van der Waals surface area contributed by atoms with Gasteiger partial charge in [-0.15, -0.1) is 0 Å². The first kappa shape index (κ1) is 34.0. The minimum atomic E-state index is -3.74. The summed E-state index contributed by atoms with van der Waals surface area (Å²) in [5.41, 5.74) is 1.76. The number of piperidine rings is 1. The molecule has 3 aromatic carbocycles. The van der Waals surface area contributed by atoms with E-state index < -0.39 is 37.7 Å². The number of aliphatic hydroxyl groups is 1. The monoisotopic (exact) mass is 673 g/mol. The highest BCUT2D eigenvalue weighted by molar-refractivity contribution is 7.89. The molecule has 2 atom stereocenters. The van der Waals surface area contributed by atoms with Crippen LogP contribution in [0.25, 0.3) is 11.1 Å². The van der Waals surface area contributed by atoms with E-state index in [2.05, 4.69) is 10.0 Å². The zero-order valence-electron chi connectivity index (χ0n) is 25.5. The molecule has 14 heteroatoms. The first-order valence-electron chi connectivity index (χ1n) is 15.0. The lowest BCUT2D eigenvalue weighted by Crippen LogP contribution is -2.47. The van der Waals surface area contributed by atoms with Crippen molar-refractivity contribution in [2.24, 2.45) is 0 Å². The molecule has 2 unspecified atom stereocenters. The lowest BCUT2D eigenvalue weighted by Gasteiger charge is -2.38. The van der Waals surface area contributed by atoms with Crippen LogP contribution in [0.4, 0.5) is 0 Å². The van der Waals surface area contributed by atoms with Crippen molar-refractivity contribution in [1.82, 2.24) is 14.3 Å². The molecule has 3 aromatic rings. The van der Waals surface area contributed by atoms with E-state index >= 15 is 0 Å². The molecule has 0 bridgehead atoms. The predicted octanol–water partition coefficient (Wildman–Crippen LogP) is 2.23. The van der Waals surface area contributed by atoms with Gasteiger partial charge >= 0.3 is 5.97 Å². The molecule has 248 valence electrons. The summed E-state index contributed by atoms with van der Waals surface area (Å²) in [7, 11) is -6.01. The molecule has 0 amide bonds. The molecule has 0 aromatic heterocycles. The van der Waals surface area contributed by atoms with Crippen LogP contribution in [0.5, 0.6) is 5.75 Å². The third-order valence-electron chi connectivity index (χ3n) is 8.43. The number of sulfonamides is 2. The van der Waals surface area contributed by atoms with Gasteiger partial charge in [0.1, 0.15) is 18.5 Å². The Labute approximate surface area is 269 Å². The minimum absolute atomic E-state index is 0.0134. The molecule has 2 heterocycles. The number of ether oxygens (including phenoxy) is 2. The second-order valence-electron chi connectivity index (χ2n) is 11.6. The maximum absolute atomic E-state index is 13.6. The standard InChI is InChI=1S/C32H39N3O9S2/c1-33-45(39,40)29-6-3-5-28(18-29)43-22-27(36)20-34-26-19-32(44-21-26)12-14-35(15-13-32)46(41,42)30-7-2-4-25(17-30)24-10-8-23(9-11-24)16-31(37)38/h2-11,17-18,26-27,33-34,36H,12-16,19-22H2,1H3,(H,37,38). The zero-order valence-corrected chi connectivity index (χ0v) is 27.1. The van der Waals surface area contributed by atoms with Crippen LogP contribution in [-0.4, -0.2) is 95.0 Å². The molecule has 0 aliphatic carbocycles. The van der Waals surface area contributed by atoms with Gasteiger partial charge in [-0.25, -0.2) is 21.6 Å². The molecule has 2 aliphatic heterocycles. The molecule has 2 fully saturated rings. The number of carbonyl (C=O) groups is 1. The van der Waals surface area contributed by atoms with Crippen LogP contribution in [0.15, 0.2) is 82.6 Å². The van der Waals surface area contributed by atoms with Crippen LogP contribution in [0.3, 0.4) is 0 Å². The average Bonchev–Trinajstić information content (AvgIpc) is 3.45. The van der Waals surface area contributed by atoms with Crippen LogP contribution in [-0.2, 0) is 36.0 Å². The Balaban J connectivity index is 1.10. The van der Waals surface area contributed by atoms with Crippen LogP contribution < -0.4 is 14.8 Å². The molecule has 0 radical (unpaired) electrons. The lowest BCUT2D eigenvalue weighted by atomic mass is 9.88. The van der Waals surface area contributed by atoms with E-state index in [1.807, 2.05) is 6.07 Å². The maximum atomic E-state index is 13.6. The highest BCUT2D eigenvalue weighted by atomic mass is 32.2. The summed E-state index contributed by atoms with van der Waals surface area (Å²) in [4.78, 5) is 11.2. The number of carboxylic acid groups (broad SMARTS) is 1. The average molecular weight is 674 g/mol. The highest BCUT2D eigenvalue weighted by Gasteiger charge is 2.44. The smallest absolute Gasteiger partial charge is 0.307 e. The minimum Gasteiger partial charge on any atom is -0.491 e. The summed E-state index contributed by atoms with van der Waals surface area (Å²) in [6.45, 7) is 1.30. The fourth-order valence-corrected chi connectivity index (χ4v) is 8.09. The fraction of sp³-hybridized carbons (Fsp3) is 0.406. The van der Waals surface area contributed by atoms with Crippen molar-refractivity contribution in [3.05, 3.63) is 78.4 Å². The first-order valence-corrected chi connectivity index (χ1v) is 17.9. The van der Waals surface area contributed by atoms with Crippen molar-refractivity contribution in [2.75, 3.05) is 39.9 Å². The Morgan fingerprint density at radius 1 is 1.00 bits per heavy atom. The van der Waals surface area contributed by atoms with Crippen molar-refractivity contribution in [1.29, 1.82) is 0 Å². The van der Waals surface area contributed by atoms with Crippen molar-refractivity contribution in [2.45, 2.75) is 53.2 Å². The molecule has 2 aliphatic rings. The number of nitrogens with one attached hydrogen (secondary N) is 2. The Hall–Kier alpha value is -3.37. The van der Waals surface area contributed by atoms with E-state index in [1.54, 1.807) is 54.6 Å². The Morgan fingerprint density at radius 2 is 1.70 bits per heavy atom. The number of hydrogen-bond donors (Lipinski definition) is 4. The topological polar surface area (TPSA) is 172 Å². The molecule has 1 spiro atoms. The number of aliphatic hydroxyl groups excluding tert-OH is 1. The molecule has 46 heavy (non-hydrogen) atoms. The van der Waals surface area contributed by atoms with Gasteiger partial charge in [-0.3, -0.25) is 4.79 Å². The van der Waals surface area contributed by atoms with E-state index in [1.165, 1.54) is 23.5 Å².